The molecule has 0 spiro atoms. The van der Waals surface area contributed by atoms with Crippen molar-refractivity contribution in [2.45, 2.75) is 32.7 Å². The molecule has 1 aliphatic rings. The molecular formula is C17H30IN5OS. The standard InChI is InChI=1S/C17H29N5OS.HI/c1-2-19-17(21-11-14-6-10-24-13-14)20-7-4-9-22-8-3-5-15(12-22)16(18)23;/h6,10,13,15H,2-5,7-9,11-12H2,1H3,(H2,18,23)(H2,19,20,21);1H. The van der Waals surface area contributed by atoms with Crippen LogP contribution >= 0.6 is 35.3 Å². The third-order valence-electron chi connectivity index (χ3n) is 4.20. The number of amides is 1. The van der Waals surface area contributed by atoms with Gasteiger partial charge in [0.25, 0.3) is 0 Å². The van der Waals surface area contributed by atoms with Crippen molar-refractivity contribution >= 4 is 47.2 Å². The Labute approximate surface area is 171 Å². The van der Waals surface area contributed by atoms with E-state index in [1.807, 2.05) is 0 Å². The Hall–Kier alpha value is -0.870. The summed E-state index contributed by atoms with van der Waals surface area (Å²) in [5, 5.41) is 10.8. The van der Waals surface area contributed by atoms with E-state index in [9.17, 15) is 4.79 Å². The third kappa shape index (κ3) is 8.37. The third-order valence-corrected chi connectivity index (χ3v) is 4.93. The van der Waals surface area contributed by atoms with E-state index in [4.69, 9.17) is 5.73 Å². The molecule has 1 saturated heterocycles. The SMILES string of the molecule is CCNC(=NCc1ccsc1)NCCCN1CCCC(C(N)=O)C1.I. The Morgan fingerprint density at radius 2 is 2.32 bits per heavy atom. The maximum Gasteiger partial charge on any atom is 0.221 e. The van der Waals surface area contributed by atoms with Gasteiger partial charge in [0.1, 0.15) is 0 Å². The van der Waals surface area contributed by atoms with Crippen molar-refractivity contribution < 1.29 is 4.79 Å². The molecule has 1 atom stereocenters. The van der Waals surface area contributed by atoms with Gasteiger partial charge in [-0.1, -0.05) is 0 Å². The van der Waals surface area contributed by atoms with Gasteiger partial charge in [0, 0.05) is 19.6 Å². The van der Waals surface area contributed by atoms with Crippen LogP contribution in [0.2, 0.25) is 0 Å². The molecule has 1 fully saturated rings. The van der Waals surface area contributed by atoms with E-state index in [1.165, 1.54) is 5.56 Å². The number of thiophene rings is 1. The van der Waals surface area contributed by atoms with Crippen LogP contribution in [0.25, 0.3) is 0 Å². The fraction of sp³-hybridized carbons (Fsp3) is 0.647. The number of guanidine groups is 1. The molecule has 0 bridgehead atoms. The average Bonchev–Trinajstić information content (AvgIpc) is 3.10. The lowest BCUT2D eigenvalue weighted by atomic mass is 9.97. The van der Waals surface area contributed by atoms with Crippen molar-refractivity contribution in [1.29, 1.82) is 0 Å². The number of hydrogen-bond acceptors (Lipinski definition) is 4. The minimum atomic E-state index is -0.159. The van der Waals surface area contributed by atoms with Crippen LogP contribution in [0.5, 0.6) is 0 Å². The van der Waals surface area contributed by atoms with Crippen LogP contribution in [0, 0.1) is 5.92 Å². The molecular weight excluding hydrogens is 449 g/mol. The number of nitrogens with one attached hydrogen (secondary N) is 2. The van der Waals surface area contributed by atoms with Crippen molar-refractivity contribution in [3.8, 4) is 0 Å². The van der Waals surface area contributed by atoms with Crippen LogP contribution in [0.15, 0.2) is 21.8 Å². The first-order valence-corrected chi connectivity index (χ1v) is 9.68. The fourth-order valence-electron chi connectivity index (χ4n) is 2.90. The normalized spacial score (nSPS) is 18.4. The summed E-state index contributed by atoms with van der Waals surface area (Å²) in [6, 6.07) is 2.10. The number of nitrogens with two attached hydrogens (primary N) is 1. The molecule has 0 radical (unpaired) electrons. The number of primary amides is 1. The highest BCUT2D eigenvalue weighted by atomic mass is 127. The number of halogens is 1. The second-order valence-corrected chi connectivity index (χ2v) is 6.93. The summed E-state index contributed by atoms with van der Waals surface area (Å²) in [5.74, 6) is 0.723. The largest absolute Gasteiger partial charge is 0.369 e. The highest BCUT2D eigenvalue weighted by molar-refractivity contribution is 14.0. The number of carbonyl (C=O) groups excluding carboxylic acids is 1. The number of likely N-dealkylation sites (tertiary alicyclic amines) is 1. The molecule has 2 heterocycles. The highest BCUT2D eigenvalue weighted by Crippen LogP contribution is 2.15. The van der Waals surface area contributed by atoms with Crippen LogP contribution in [0.4, 0.5) is 0 Å². The van der Waals surface area contributed by atoms with Gasteiger partial charge in [-0.3, -0.25) is 4.79 Å². The van der Waals surface area contributed by atoms with E-state index in [-0.39, 0.29) is 35.8 Å². The zero-order valence-corrected chi connectivity index (χ0v) is 18.0. The molecule has 1 aromatic heterocycles. The van der Waals surface area contributed by atoms with Gasteiger partial charge >= 0.3 is 0 Å². The smallest absolute Gasteiger partial charge is 0.221 e. The molecule has 0 aromatic carbocycles. The minimum Gasteiger partial charge on any atom is -0.369 e. The molecule has 0 saturated carbocycles. The number of hydrogen-bond donors (Lipinski definition) is 3. The molecule has 1 unspecified atom stereocenters. The molecule has 4 N–H and O–H groups in total. The van der Waals surface area contributed by atoms with E-state index in [2.05, 4.69) is 44.3 Å². The molecule has 8 heteroatoms. The predicted molar refractivity (Wildman–Crippen MR) is 116 cm³/mol. The first kappa shape index (κ1) is 22.2. The Morgan fingerprint density at radius 3 is 3.00 bits per heavy atom. The Balaban J connectivity index is 0.00000312. The Kier molecular flexibility index (Phi) is 11.1. The second-order valence-electron chi connectivity index (χ2n) is 6.15. The lowest BCUT2D eigenvalue weighted by Crippen LogP contribution is -2.43. The minimum absolute atomic E-state index is 0. The van der Waals surface area contributed by atoms with Gasteiger partial charge in [0.05, 0.1) is 12.5 Å². The summed E-state index contributed by atoms with van der Waals surface area (Å²) in [7, 11) is 0. The van der Waals surface area contributed by atoms with Gasteiger partial charge in [-0.25, -0.2) is 4.99 Å². The van der Waals surface area contributed by atoms with Gasteiger partial charge in [0.15, 0.2) is 5.96 Å². The van der Waals surface area contributed by atoms with Gasteiger partial charge in [-0.15, -0.1) is 24.0 Å². The summed E-state index contributed by atoms with van der Waals surface area (Å²) in [6.07, 6.45) is 3.02. The van der Waals surface area contributed by atoms with Crippen LogP contribution < -0.4 is 16.4 Å². The van der Waals surface area contributed by atoms with Gasteiger partial charge in [-0.05, 0) is 61.7 Å². The van der Waals surface area contributed by atoms with E-state index in [1.54, 1.807) is 11.3 Å². The van der Waals surface area contributed by atoms with Crippen molar-refractivity contribution in [1.82, 2.24) is 15.5 Å². The van der Waals surface area contributed by atoms with Gasteiger partial charge in [0.2, 0.25) is 5.91 Å². The zero-order chi connectivity index (χ0) is 17.2. The average molecular weight is 479 g/mol. The molecule has 2 rings (SSSR count). The van der Waals surface area contributed by atoms with Crippen molar-refractivity contribution in [3.05, 3.63) is 22.4 Å². The molecule has 25 heavy (non-hydrogen) atoms. The number of nitrogens with zero attached hydrogens (tertiary/aromatic N) is 2. The number of rotatable bonds is 8. The summed E-state index contributed by atoms with van der Waals surface area (Å²) in [6.45, 7) is 7.35. The molecule has 6 nitrogen and oxygen atoms in total. The lowest BCUT2D eigenvalue weighted by molar-refractivity contribution is -0.123. The van der Waals surface area contributed by atoms with E-state index in [0.29, 0.717) is 6.54 Å². The summed E-state index contributed by atoms with van der Waals surface area (Å²) in [5.41, 5.74) is 6.67. The monoisotopic (exact) mass is 479 g/mol. The maximum absolute atomic E-state index is 11.3. The maximum atomic E-state index is 11.3. The topological polar surface area (TPSA) is 82.8 Å². The van der Waals surface area contributed by atoms with Crippen LogP contribution in [0.1, 0.15) is 31.7 Å². The molecule has 1 amide bonds. The second kappa shape index (κ2) is 12.5. The van der Waals surface area contributed by atoms with Crippen molar-refractivity contribution in [3.63, 3.8) is 0 Å². The van der Waals surface area contributed by atoms with Crippen molar-refractivity contribution in [2.24, 2.45) is 16.6 Å². The number of aliphatic imine (C=N–C) groups is 1. The summed E-state index contributed by atoms with van der Waals surface area (Å²) >= 11 is 1.70. The van der Waals surface area contributed by atoms with E-state index in [0.717, 1.165) is 57.9 Å². The Bertz CT molecular complexity index is 523. The number of carbonyl (C=O) groups is 1. The van der Waals surface area contributed by atoms with Crippen LogP contribution in [0.3, 0.4) is 0 Å². The van der Waals surface area contributed by atoms with Gasteiger partial charge in [-0.2, -0.15) is 11.3 Å². The van der Waals surface area contributed by atoms with Crippen molar-refractivity contribution in [2.75, 3.05) is 32.7 Å². The predicted octanol–water partition coefficient (Wildman–Crippen LogP) is 2.01. The molecule has 1 aromatic rings. The molecule has 142 valence electrons. The highest BCUT2D eigenvalue weighted by Gasteiger charge is 2.23. The first-order chi connectivity index (χ1) is 11.7. The fourth-order valence-corrected chi connectivity index (χ4v) is 3.55. The summed E-state index contributed by atoms with van der Waals surface area (Å²) < 4.78 is 0. The molecule has 1 aliphatic heterocycles. The first-order valence-electron chi connectivity index (χ1n) is 8.74. The van der Waals surface area contributed by atoms with Gasteiger partial charge < -0.3 is 21.3 Å². The van der Waals surface area contributed by atoms with E-state index < -0.39 is 0 Å². The number of piperidine rings is 1. The zero-order valence-electron chi connectivity index (χ0n) is 14.9. The Morgan fingerprint density at radius 1 is 1.48 bits per heavy atom. The molecule has 0 aliphatic carbocycles. The summed E-state index contributed by atoms with van der Waals surface area (Å²) in [4.78, 5) is 18.3. The van der Waals surface area contributed by atoms with Crippen LogP contribution in [-0.2, 0) is 11.3 Å². The van der Waals surface area contributed by atoms with Crippen LogP contribution in [-0.4, -0.2) is 49.5 Å². The van der Waals surface area contributed by atoms with E-state index >= 15 is 0 Å². The quantitative estimate of drug-likeness (QED) is 0.231. The lowest BCUT2D eigenvalue weighted by Gasteiger charge is -2.31.